The molecule has 0 saturated heterocycles. The number of hydrogen-bond acceptors (Lipinski definition) is 6. The predicted octanol–water partition coefficient (Wildman–Crippen LogP) is 4.05. The van der Waals surface area contributed by atoms with Crippen LogP contribution in [0, 0.1) is 0 Å². The van der Waals surface area contributed by atoms with Crippen molar-refractivity contribution >= 4 is 34.7 Å². The van der Waals surface area contributed by atoms with Crippen LogP contribution in [0.15, 0.2) is 66.0 Å². The van der Waals surface area contributed by atoms with Gasteiger partial charge in [-0.3, -0.25) is 9.59 Å². The summed E-state index contributed by atoms with van der Waals surface area (Å²) in [6, 6.07) is 16.5. The average Bonchev–Trinajstić information content (AvgIpc) is 3.27. The molecule has 1 amide bonds. The van der Waals surface area contributed by atoms with E-state index in [0.29, 0.717) is 21.9 Å². The molecule has 142 valence electrons. The molecule has 0 bridgehead atoms. The molecule has 7 heteroatoms. The molecule has 6 nitrogen and oxygen atoms in total. The van der Waals surface area contributed by atoms with Crippen molar-refractivity contribution < 1.29 is 23.9 Å². The van der Waals surface area contributed by atoms with Gasteiger partial charge in [-0.25, -0.2) is 4.79 Å². The van der Waals surface area contributed by atoms with Gasteiger partial charge in [0.2, 0.25) is 5.78 Å². The fraction of sp³-hybridized carbons (Fsp3) is 0.0952. The average molecular weight is 395 g/mol. The van der Waals surface area contributed by atoms with Gasteiger partial charge in [-0.15, -0.1) is 11.3 Å². The van der Waals surface area contributed by atoms with E-state index >= 15 is 0 Å². The predicted molar refractivity (Wildman–Crippen MR) is 106 cm³/mol. The lowest BCUT2D eigenvalue weighted by atomic mass is 10.1. The van der Waals surface area contributed by atoms with Crippen molar-refractivity contribution in [2.45, 2.75) is 0 Å². The van der Waals surface area contributed by atoms with Crippen LogP contribution in [0.25, 0.3) is 0 Å². The Bertz CT molecular complexity index is 980. The smallest absolute Gasteiger partial charge is 0.338 e. The molecule has 0 spiro atoms. The molecule has 1 heterocycles. The Balaban J connectivity index is 1.57. The van der Waals surface area contributed by atoms with Crippen LogP contribution in [0.4, 0.5) is 5.69 Å². The molecule has 2 aromatic carbocycles. The molecule has 28 heavy (non-hydrogen) atoms. The molecule has 0 radical (unpaired) electrons. The van der Waals surface area contributed by atoms with Crippen molar-refractivity contribution in [1.29, 1.82) is 0 Å². The van der Waals surface area contributed by atoms with Crippen LogP contribution in [0.1, 0.15) is 30.4 Å². The minimum atomic E-state index is -0.626. The largest absolute Gasteiger partial charge is 0.496 e. The number of carbonyl (C=O) groups excluding carboxylic acids is 3. The molecule has 0 fully saturated rings. The van der Waals surface area contributed by atoms with Crippen molar-refractivity contribution in [1.82, 2.24) is 0 Å². The van der Waals surface area contributed by atoms with Crippen LogP contribution in [0.2, 0.25) is 0 Å². The maximum Gasteiger partial charge on any atom is 0.338 e. The molecule has 0 aliphatic rings. The number of nitrogens with one attached hydrogen (secondary N) is 1. The van der Waals surface area contributed by atoms with Gasteiger partial charge < -0.3 is 14.8 Å². The first-order valence-electron chi connectivity index (χ1n) is 8.36. The monoisotopic (exact) mass is 395 g/mol. The third-order valence-electron chi connectivity index (χ3n) is 3.87. The summed E-state index contributed by atoms with van der Waals surface area (Å²) in [4.78, 5) is 37.0. The summed E-state index contributed by atoms with van der Waals surface area (Å²) in [6.07, 6.45) is 0. The molecule has 3 rings (SSSR count). The number of carbonyl (C=O) groups is 3. The highest BCUT2D eigenvalue weighted by Gasteiger charge is 2.15. The van der Waals surface area contributed by atoms with Crippen molar-refractivity contribution in [3.05, 3.63) is 82.0 Å². The molecule has 0 atom stereocenters. The Hall–Kier alpha value is -3.45. The number of ether oxygens (including phenoxy) is 2. The summed E-state index contributed by atoms with van der Waals surface area (Å²) < 4.78 is 10.2. The van der Waals surface area contributed by atoms with Crippen molar-refractivity contribution in [3.8, 4) is 5.75 Å². The molecule has 1 aromatic heterocycles. The van der Waals surface area contributed by atoms with Crippen molar-refractivity contribution in [2.75, 3.05) is 19.0 Å². The number of rotatable bonds is 7. The Morgan fingerprint density at radius 3 is 2.39 bits per heavy atom. The fourth-order valence-electron chi connectivity index (χ4n) is 2.46. The zero-order valence-electron chi connectivity index (χ0n) is 15.0. The van der Waals surface area contributed by atoms with Crippen molar-refractivity contribution in [2.24, 2.45) is 0 Å². The Morgan fingerprint density at radius 2 is 1.71 bits per heavy atom. The zero-order chi connectivity index (χ0) is 19.9. The lowest BCUT2D eigenvalue weighted by molar-refractivity contribution is 0.0474. The molecular weight excluding hydrogens is 378 g/mol. The van der Waals surface area contributed by atoms with Crippen molar-refractivity contribution in [3.63, 3.8) is 0 Å². The normalized spacial score (nSPS) is 10.2. The second-order valence-corrected chi connectivity index (χ2v) is 6.66. The van der Waals surface area contributed by atoms with Crippen LogP contribution in [-0.2, 0) is 4.74 Å². The summed E-state index contributed by atoms with van der Waals surface area (Å²) in [5.74, 6) is -0.771. The standard InChI is InChI=1S/C21H17NO5S/c1-26-18-6-3-2-5-16(18)17(23)13-27-21(25)14-8-10-15(11-9-14)22-20(24)19-7-4-12-28-19/h2-12H,13H2,1H3,(H,22,24). The van der Waals surface area contributed by atoms with Gasteiger partial charge in [-0.1, -0.05) is 18.2 Å². The van der Waals surface area contributed by atoms with Gasteiger partial charge in [0.25, 0.3) is 5.91 Å². The zero-order valence-corrected chi connectivity index (χ0v) is 15.8. The van der Waals surface area contributed by atoms with E-state index in [0.717, 1.165) is 0 Å². The lowest BCUT2D eigenvalue weighted by Gasteiger charge is -2.08. The molecule has 3 aromatic rings. The molecule has 1 N–H and O–H groups in total. The molecular formula is C21H17NO5S. The van der Waals surface area contributed by atoms with E-state index in [1.165, 1.54) is 30.6 Å². The molecule has 0 unspecified atom stereocenters. The van der Waals surface area contributed by atoms with Crippen LogP contribution < -0.4 is 10.1 Å². The number of anilines is 1. The van der Waals surface area contributed by atoms with Gasteiger partial charge in [-0.05, 0) is 47.8 Å². The Kier molecular flexibility index (Phi) is 6.18. The molecule has 0 aliphatic heterocycles. The number of Topliss-reactive ketones (excluding diaryl/α,β-unsaturated/α-hetero) is 1. The second kappa shape index (κ2) is 8.96. The molecule has 0 saturated carbocycles. The lowest BCUT2D eigenvalue weighted by Crippen LogP contribution is -2.15. The van der Waals surface area contributed by atoms with Crippen LogP contribution >= 0.6 is 11.3 Å². The number of thiophene rings is 1. The first-order chi connectivity index (χ1) is 13.6. The van der Waals surface area contributed by atoms with E-state index in [9.17, 15) is 14.4 Å². The summed E-state index contributed by atoms with van der Waals surface area (Å²) in [5.41, 5.74) is 1.19. The second-order valence-electron chi connectivity index (χ2n) is 5.71. The maximum atomic E-state index is 12.2. The Morgan fingerprint density at radius 1 is 0.964 bits per heavy atom. The highest BCUT2D eigenvalue weighted by molar-refractivity contribution is 7.12. The fourth-order valence-corrected chi connectivity index (χ4v) is 3.08. The van der Waals surface area contributed by atoms with Crippen LogP contribution in [0.3, 0.4) is 0 Å². The first kappa shape index (κ1) is 19.3. The maximum absolute atomic E-state index is 12.2. The van der Waals surface area contributed by atoms with Crippen LogP contribution in [0.5, 0.6) is 5.75 Å². The van der Waals surface area contributed by atoms with E-state index in [4.69, 9.17) is 9.47 Å². The quantitative estimate of drug-likeness (QED) is 0.482. The summed E-state index contributed by atoms with van der Waals surface area (Å²) in [7, 11) is 1.47. The topological polar surface area (TPSA) is 81.7 Å². The van der Waals surface area contributed by atoms with E-state index in [1.54, 1.807) is 48.5 Å². The first-order valence-corrected chi connectivity index (χ1v) is 9.24. The van der Waals surface area contributed by atoms with Gasteiger partial charge in [0, 0.05) is 5.69 Å². The van der Waals surface area contributed by atoms with Gasteiger partial charge in [0.15, 0.2) is 6.61 Å². The van der Waals surface area contributed by atoms with E-state index in [-0.39, 0.29) is 17.3 Å². The number of para-hydroxylation sites is 1. The van der Waals surface area contributed by atoms with Gasteiger partial charge in [0.1, 0.15) is 5.75 Å². The van der Waals surface area contributed by atoms with Crippen LogP contribution in [-0.4, -0.2) is 31.4 Å². The molecule has 0 aliphatic carbocycles. The van der Waals surface area contributed by atoms with E-state index in [1.807, 2.05) is 5.38 Å². The number of amides is 1. The summed E-state index contributed by atoms with van der Waals surface area (Å²) in [5, 5.41) is 4.57. The number of benzene rings is 2. The number of esters is 1. The highest BCUT2D eigenvalue weighted by Crippen LogP contribution is 2.18. The SMILES string of the molecule is COc1ccccc1C(=O)COC(=O)c1ccc(NC(=O)c2cccs2)cc1. The van der Waals surface area contributed by atoms with E-state index in [2.05, 4.69) is 5.32 Å². The summed E-state index contributed by atoms with van der Waals surface area (Å²) in [6.45, 7) is -0.393. The third kappa shape index (κ3) is 4.63. The van der Waals surface area contributed by atoms with Gasteiger partial charge in [0.05, 0.1) is 23.1 Å². The highest BCUT2D eigenvalue weighted by atomic mass is 32.1. The van der Waals surface area contributed by atoms with Gasteiger partial charge in [-0.2, -0.15) is 0 Å². The number of methoxy groups -OCH3 is 1. The Labute approximate surface area is 165 Å². The van der Waals surface area contributed by atoms with E-state index < -0.39 is 12.6 Å². The third-order valence-corrected chi connectivity index (χ3v) is 4.73. The minimum Gasteiger partial charge on any atom is -0.496 e. The summed E-state index contributed by atoms with van der Waals surface area (Å²) >= 11 is 1.34. The number of hydrogen-bond donors (Lipinski definition) is 1. The van der Waals surface area contributed by atoms with Gasteiger partial charge >= 0.3 is 5.97 Å². The minimum absolute atomic E-state index is 0.215. The number of ketones is 1.